The Morgan fingerprint density at radius 1 is 1.08 bits per heavy atom. The van der Waals surface area contributed by atoms with Crippen molar-refractivity contribution in [3.05, 3.63) is 82.1 Å². The molecule has 0 saturated heterocycles. The van der Waals surface area contributed by atoms with Crippen LogP contribution in [0.25, 0.3) is 20.7 Å². The molecule has 0 atom stereocenters. The molecule has 120 valence electrons. The topological polar surface area (TPSA) is 71.6 Å². The summed E-state index contributed by atoms with van der Waals surface area (Å²) in [6.45, 7) is 0.224. The van der Waals surface area contributed by atoms with Crippen molar-refractivity contribution in [2.45, 2.75) is 6.54 Å². The maximum Gasteiger partial charge on any atom is 0.278 e. The van der Waals surface area contributed by atoms with Crippen LogP contribution >= 0.6 is 11.3 Å². The molecule has 0 bridgehead atoms. The van der Waals surface area contributed by atoms with Gasteiger partial charge in [0, 0.05) is 4.88 Å². The quantitative estimate of drug-likeness (QED) is 0.571. The summed E-state index contributed by atoms with van der Waals surface area (Å²) < 4.78 is 1.31. The van der Waals surface area contributed by atoms with Crippen LogP contribution in [-0.4, -0.2) is 15.0 Å². The van der Waals surface area contributed by atoms with Gasteiger partial charge in [-0.25, -0.2) is 4.68 Å². The molecular formula is C19H12N4OS. The van der Waals surface area contributed by atoms with Gasteiger partial charge in [-0.2, -0.15) is 5.26 Å². The van der Waals surface area contributed by atoms with E-state index in [2.05, 4.69) is 16.4 Å². The van der Waals surface area contributed by atoms with Crippen molar-refractivity contribution in [3.63, 3.8) is 0 Å². The first-order valence-electron chi connectivity index (χ1n) is 7.67. The normalized spacial score (nSPS) is 10.7. The molecule has 0 aliphatic rings. The molecule has 4 aromatic rings. The van der Waals surface area contributed by atoms with E-state index in [9.17, 15) is 10.1 Å². The van der Waals surface area contributed by atoms with E-state index < -0.39 is 0 Å². The lowest BCUT2D eigenvalue weighted by Crippen LogP contribution is -2.24. The van der Waals surface area contributed by atoms with E-state index >= 15 is 0 Å². The summed E-state index contributed by atoms with van der Waals surface area (Å²) in [5.41, 5.74) is 2.13. The predicted molar refractivity (Wildman–Crippen MR) is 97.4 cm³/mol. The molecule has 0 unspecified atom stereocenters. The fraction of sp³-hybridized carbons (Fsp3) is 0.0526. The van der Waals surface area contributed by atoms with Gasteiger partial charge in [-0.05, 0) is 23.3 Å². The summed E-state index contributed by atoms with van der Waals surface area (Å²) in [4.78, 5) is 14.4. The Labute approximate surface area is 147 Å². The smallest absolute Gasteiger partial charge is 0.267 e. The van der Waals surface area contributed by atoms with Gasteiger partial charge in [0.05, 0.1) is 23.6 Å². The minimum Gasteiger partial charge on any atom is -0.267 e. The van der Waals surface area contributed by atoms with Crippen LogP contribution in [0.1, 0.15) is 11.1 Å². The van der Waals surface area contributed by atoms with E-state index in [4.69, 9.17) is 0 Å². The number of nitriles is 1. The van der Waals surface area contributed by atoms with E-state index in [1.807, 2.05) is 48.5 Å². The molecule has 2 heterocycles. The monoisotopic (exact) mass is 344 g/mol. The molecule has 0 aliphatic carbocycles. The molecule has 2 aromatic carbocycles. The molecule has 25 heavy (non-hydrogen) atoms. The molecule has 0 N–H and O–H groups in total. The van der Waals surface area contributed by atoms with E-state index in [0.717, 1.165) is 16.0 Å². The molecule has 0 aliphatic heterocycles. The number of fused-ring (bicyclic) bond motifs is 1. The van der Waals surface area contributed by atoms with Crippen molar-refractivity contribution in [2.24, 2.45) is 0 Å². The van der Waals surface area contributed by atoms with Crippen molar-refractivity contribution < 1.29 is 0 Å². The van der Waals surface area contributed by atoms with E-state index in [0.29, 0.717) is 15.8 Å². The SMILES string of the molecule is N#Cc1ccccc1Cn1nnc2sc(-c3ccccc3)cc2c1=O. The lowest BCUT2D eigenvalue weighted by atomic mass is 10.1. The first-order valence-corrected chi connectivity index (χ1v) is 8.48. The zero-order chi connectivity index (χ0) is 17.2. The standard InChI is InChI=1S/C19H12N4OS/c20-11-14-8-4-5-9-15(14)12-23-19(24)16-10-17(25-18(16)21-22-23)13-6-2-1-3-7-13/h1-10H,12H2. The molecule has 0 amide bonds. The molecule has 0 radical (unpaired) electrons. The maximum atomic E-state index is 12.8. The van der Waals surface area contributed by atoms with Crippen LogP contribution in [0.4, 0.5) is 0 Å². The molecule has 0 spiro atoms. The molecule has 6 heteroatoms. The van der Waals surface area contributed by atoms with E-state index in [-0.39, 0.29) is 12.1 Å². The first kappa shape index (κ1) is 15.2. The lowest BCUT2D eigenvalue weighted by molar-refractivity contribution is 0.601. The minimum atomic E-state index is -0.198. The van der Waals surface area contributed by atoms with Gasteiger partial charge >= 0.3 is 0 Å². The molecular weight excluding hydrogens is 332 g/mol. The van der Waals surface area contributed by atoms with Crippen molar-refractivity contribution in [2.75, 3.05) is 0 Å². The highest BCUT2D eigenvalue weighted by Crippen LogP contribution is 2.30. The van der Waals surface area contributed by atoms with Crippen molar-refractivity contribution in [3.8, 4) is 16.5 Å². The Morgan fingerprint density at radius 3 is 2.64 bits per heavy atom. The number of hydrogen-bond acceptors (Lipinski definition) is 5. The number of hydrogen-bond donors (Lipinski definition) is 0. The number of nitrogens with zero attached hydrogens (tertiary/aromatic N) is 4. The highest BCUT2D eigenvalue weighted by Gasteiger charge is 2.12. The zero-order valence-corrected chi connectivity index (χ0v) is 13.9. The van der Waals surface area contributed by atoms with Crippen LogP contribution in [-0.2, 0) is 6.54 Å². The zero-order valence-electron chi connectivity index (χ0n) is 13.1. The van der Waals surface area contributed by atoms with Crippen LogP contribution < -0.4 is 5.56 Å². The van der Waals surface area contributed by atoms with Gasteiger partial charge in [0.15, 0.2) is 4.83 Å². The predicted octanol–water partition coefficient (Wildman–Crippen LogP) is 3.44. The lowest BCUT2D eigenvalue weighted by Gasteiger charge is -2.05. The Hall–Kier alpha value is -3.30. The second kappa shape index (κ2) is 6.30. The number of benzene rings is 2. The third-order valence-corrected chi connectivity index (χ3v) is 5.01. The van der Waals surface area contributed by atoms with Crippen molar-refractivity contribution in [1.82, 2.24) is 15.0 Å². The number of rotatable bonds is 3. The van der Waals surface area contributed by atoms with Crippen LogP contribution in [0.3, 0.4) is 0 Å². The molecule has 0 fully saturated rings. The van der Waals surface area contributed by atoms with Crippen LogP contribution in [0.15, 0.2) is 65.5 Å². The van der Waals surface area contributed by atoms with E-state index in [1.165, 1.54) is 16.0 Å². The van der Waals surface area contributed by atoms with Gasteiger partial charge in [-0.15, -0.1) is 16.4 Å². The average molecular weight is 344 g/mol. The number of aromatic nitrogens is 3. The van der Waals surface area contributed by atoms with Gasteiger partial charge < -0.3 is 0 Å². The molecule has 4 rings (SSSR count). The summed E-state index contributed by atoms with van der Waals surface area (Å²) in [5.74, 6) is 0. The summed E-state index contributed by atoms with van der Waals surface area (Å²) in [6, 6.07) is 21.1. The third-order valence-electron chi connectivity index (χ3n) is 3.94. The van der Waals surface area contributed by atoms with Crippen LogP contribution in [0.2, 0.25) is 0 Å². The van der Waals surface area contributed by atoms with Crippen LogP contribution in [0, 0.1) is 11.3 Å². The summed E-state index contributed by atoms with van der Waals surface area (Å²) in [6.07, 6.45) is 0. The summed E-state index contributed by atoms with van der Waals surface area (Å²) >= 11 is 1.45. The van der Waals surface area contributed by atoms with Crippen molar-refractivity contribution >= 4 is 21.6 Å². The molecule has 2 aromatic heterocycles. The van der Waals surface area contributed by atoms with Crippen molar-refractivity contribution in [1.29, 1.82) is 5.26 Å². The highest BCUT2D eigenvalue weighted by atomic mass is 32.1. The third kappa shape index (κ3) is 2.82. The van der Waals surface area contributed by atoms with Gasteiger partial charge in [-0.1, -0.05) is 53.7 Å². The van der Waals surface area contributed by atoms with Gasteiger partial charge in [-0.3, -0.25) is 4.79 Å². The fourth-order valence-electron chi connectivity index (χ4n) is 2.66. The van der Waals surface area contributed by atoms with E-state index in [1.54, 1.807) is 12.1 Å². The molecule has 0 saturated carbocycles. The second-order valence-electron chi connectivity index (χ2n) is 5.52. The Balaban J connectivity index is 1.78. The van der Waals surface area contributed by atoms with Crippen LogP contribution in [0.5, 0.6) is 0 Å². The summed E-state index contributed by atoms with van der Waals surface area (Å²) in [7, 11) is 0. The summed E-state index contributed by atoms with van der Waals surface area (Å²) in [5, 5.41) is 18.0. The molecule has 5 nitrogen and oxygen atoms in total. The minimum absolute atomic E-state index is 0.198. The Morgan fingerprint density at radius 2 is 1.84 bits per heavy atom. The Kier molecular flexibility index (Phi) is 3.84. The Bertz CT molecular complexity index is 1160. The average Bonchev–Trinajstić information content (AvgIpc) is 3.10. The first-order chi connectivity index (χ1) is 12.3. The van der Waals surface area contributed by atoms with Gasteiger partial charge in [0.25, 0.3) is 5.56 Å². The van der Waals surface area contributed by atoms with Gasteiger partial charge in [0.2, 0.25) is 0 Å². The number of thiophene rings is 1. The highest BCUT2D eigenvalue weighted by molar-refractivity contribution is 7.21. The fourth-order valence-corrected chi connectivity index (χ4v) is 3.63. The maximum absolute atomic E-state index is 12.8. The largest absolute Gasteiger partial charge is 0.278 e. The second-order valence-corrected chi connectivity index (χ2v) is 6.55. The van der Waals surface area contributed by atoms with Gasteiger partial charge in [0.1, 0.15) is 0 Å².